The van der Waals surface area contributed by atoms with E-state index in [1.54, 1.807) is 33.9 Å². The van der Waals surface area contributed by atoms with Crippen LogP contribution in [0.4, 0.5) is 0 Å². The van der Waals surface area contributed by atoms with Crippen LogP contribution >= 0.6 is 0 Å². The summed E-state index contributed by atoms with van der Waals surface area (Å²) in [6.45, 7) is 18.4. The fourth-order valence-corrected chi connectivity index (χ4v) is 6.55. The lowest BCUT2D eigenvalue weighted by Crippen LogP contribution is -2.60. The third-order valence-corrected chi connectivity index (χ3v) is 10.3. The van der Waals surface area contributed by atoms with Crippen molar-refractivity contribution in [2.75, 3.05) is 21.1 Å². The Labute approximate surface area is 329 Å². The highest BCUT2D eigenvalue weighted by Crippen LogP contribution is 2.19. The molecule has 0 aliphatic carbocycles. The lowest BCUT2D eigenvalue weighted by Gasteiger charge is -2.36. The van der Waals surface area contributed by atoms with Crippen molar-refractivity contribution >= 4 is 35.4 Å². The zero-order chi connectivity index (χ0) is 42.3. The topological polar surface area (TPSA) is 195 Å². The quantitative estimate of drug-likeness (QED) is 0.130. The average Bonchev–Trinajstić information content (AvgIpc) is 3.11. The third-order valence-electron chi connectivity index (χ3n) is 10.3. The SMILES string of the molecule is CC[C@H](NC(=O)C[C@H](O)[C@H](C)CCCc1ccnc(C)c1)C(=O)N(C)[C@H](C)C(=O)N(C)[C@@H](CC(C)C)C(=O)N[C@H](C(=O)N(C)[C@@H](CC(C)C)C(N)=O)C(C)C. The molecule has 1 rings (SSSR count). The maximum atomic E-state index is 13.9. The van der Waals surface area contributed by atoms with Gasteiger partial charge in [-0.1, -0.05) is 55.4 Å². The Kier molecular flexibility index (Phi) is 20.6. The van der Waals surface area contributed by atoms with Crippen LogP contribution in [0.5, 0.6) is 0 Å². The predicted molar refractivity (Wildman–Crippen MR) is 214 cm³/mol. The summed E-state index contributed by atoms with van der Waals surface area (Å²) < 4.78 is 0. The van der Waals surface area contributed by atoms with Gasteiger partial charge in [-0.25, -0.2) is 0 Å². The van der Waals surface area contributed by atoms with Crippen molar-refractivity contribution in [3.63, 3.8) is 0 Å². The maximum Gasteiger partial charge on any atom is 0.245 e. The van der Waals surface area contributed by atoms with E-state index < -0.39 is 71.8 Å². The molecule has 0 fully saturated rings. The number of hydrogen-bond donors (Lipinski definition) is 4. The van der Waals surface area contributed by atoms with Crippen molar-refractivity contribution in [3.05, 3.63) is 29.6 Å². The van der Waals surface area contributed by atoms with Crippen molar-refractivity contribution in [2.24, 2.45) is 29.4 Å². The molecule has 14 nitrogen and oxygen atoms in total. The molecule has 312 valence electrons. The number of nitrogens with two attached hydrogens (primary N) is 1. The highest BCUT2D eigenvalue weighted by Gasteiger charge is 2.38. The van der Waals surface area contributed by atoms with E-state index in [4.69, 9.17) is 5.73 Å². The number of aryl methyl sites for hydroxylation is 2. The zero-order valence-electron chi connectivity index (χ0n) is 35.7. The van der Waals surface area contributed by atoms with E-state index in [-0.39, 0.29) is 42.9 Å². The van der Waals surface area contributed by atoms with Crippen molar-refractivity contribution in [1.29, 1.82) is 0 Å². The molecule has 0 spiro atoms. The van der Waals surface area contributed by atoms with Crippen LogP contribution in [0.15, 0.2) is 18.3 Å². The standard InChI is InChI=1S/C41H71N7O7/c1-14-31(44-35(50)23-34(49)27(8)16-15-17-30-18-19-43-28(9)22-30)40(54)46(11)29(10)39(53)48(13)33(21-25(4)5)38(52)45-36(26(6)7)41(55)47(12)32(37(42)51)20-24(2)3/h18-19,22,24-27,29,31-34,36,49H,14-17,20-21,23H2,1-13H3,(H2,42,51)(H,44,50)(H,45,52)/t27-,29-,31+,32+,33+,34+,36+/m1/s1. The fourth-order valence-electron chi connectivity index (χ4n) is 6.55. The Morgan fingerprint density at radius 2 is 1.38 bits per heavy atom. The number of hydrogen-bond acceptors (Lipinski definition) is 8. The van der Waals surface area contributed by atoms with Crippen LogP contribution in [-0.2, 0) is 35.2 Å². The minimum Gasteiger partial charge on any atom is -0.392 e. The zero-order valence-corrected chi connectivity index (χ0v) is 35.7. The third kappa shape index (κ3) is 15.5. The van der Waals surface area contributed by atoms with Gasteiger partial charge in [0.1, 0.15) is 30.2 Å². The first-order valence-electron chi connectivity index (χ1n) is 19.8. The van der Waals surface area contributed by atoms with Gasteiger partial charge in [-0.15, -0.1) is 0 Å². The molecule has 6 amide bonds. The molecule has 1 aromatic rings. The van der Waals surface area contributed by atoms with Crippen LogP contribution in [0.25, 0.3) is 0 Å². The number of likely N-dealkylation sites (N-methyl/N-ethyl adjacent to an activating group) is 3. The van der Waals surface area contributed by atoms with E-state index in [1.165, 1.54) is 41.4 Å². The molecule has 1 heterocycles. The highest BCUT2D eigenvalue weighted by atomic mass is 16.3. The summed E-state index contributed by atoms with van der Waals surface area (Å²) in [5.74, 6) is -3.48. The molecule has 0 bridgehead atoms. The molecule has 5 N–H and O–H groups in total. The van der Waals surface area contributed by atoms with E-state index in [1.807, 2.05) is 53.7 Å². The van der Waals surface area contributed by atoms with Crippen LogP contribution in [0.2, 0.25) is 0 Å². The first-order chi connectivity index (χ1) is 25.5. The number of amides is 6. The second-order valence-corrected chi connectivity index (χ2v) is 16.4. The van der Waals surface area contributed by atoms with Crippen LogP contribution in [0.1, 0.15) is 112 Å². The van der Waals surface area contributed by atoms with Crippen LogP contribution in [-0.4, -0.2) is 118 Å². The summed E-state index contributed by atoms with van der Waals surface area (Å²) in [4.78, 5) is 88.4. The molecule has 1 aromatic heterocycles. The number of pyridine rings is 1. The lowest BCUT2D eigenvalue weighted by atomic mass is 9.94. The van der Waals surface area contributed by atoms with Gasteiger partial charge in [0, 0.05) is 33.0 Å². The number of carbonyl (C=O) groups excluding carboxylic acids is 6. The minimum atomic E-state index is -0.998. The van der Waals surface area contributed by atoms with Gasteiger partial charge in [-0.2, -0.15) is 0 Å². The largest absolute Gasteiger partial charge is 0.392 e. The normalized spacial score (nSPS) is 15.4. The molecular weight excluding hydrogens is 702 g/mol. The van der Waals surface area contributed by atoms with Gasteiger partial charge in [0.25, 0.3) is 0 Å². The minimum absolute atomic E-state index is 0.00902. The lowest BCUT2D eigenvalue weighted by molar-refractivity contribution is -0.149. The van der Waals surface area contributed by atoms with Crippen molar-refractivity contribution in [2.45, 2.75) is 150 Å². The number of nitrogens with zero attached hydrogens (tertiary/aromatic N) is 4. The van der Waals surface area contributed by atoms with Gasteiger partial charge in [0.05, 0.1) is 12.5 Å². The monoisotopic (exact) mass is 774 g/mol. The molecule has 0 aliphatic rings. The Morgan fingerprint density at radius 1 is 0.818 bits per heavy atom. The van der Waals surface area contributed by atoms with Gasteiger partial charge in [-0.3, -0.25) is 33.8 Å². The number of carbonyl (C=O) groups is 6. The smallest absolute Gasteiger partial charge is 0.245 e. The number of aromatic nitrogens is 1. The molecule has 0 aromatic carbocycles. The Hall–Kier alpha value is -4.07. The van der Waals surface area contributed by atoms with Gasteiger partial charge in [0.2, 0.25) is 35.4 Å². The molecule has 0 radical (unpaired) electrons. The van der Waals surface area contributed by atoms with Crippen molar-refractivity contribution in [3.8, 4) is 0 Å². The van der Waals surface area contributed by atoms with Gasteiger partial charge < -0.3 is 36.2 Å². The van der Waals surface area contributed by atoms with E-state index in [9.17, 15) is 33.9 Å². The fraction of sp³-hybridized carbons (Fsp3) is 0.732. The Morgan fingerprint density at radius 3 is 1.89 bits per heavy atom. The summed E-state index contributed by atoms with van der Waals surface area (Å²) in [5, 5.41) is 16.4. The number of aliphatic hydroxyl groups is 1. The summed E-state index contributed by atoms with van der Waals surface area (Å²) in [6.07, 6.45) is 4.03. The van der Waals surface area contributed by atoms with Crippen LogP contribution in [0.3, 0.4) is 0 Å². The number of rotatable bonds is 23. The summed E-state index contributed by atoms with van der Waals surface area (Å²) in [5.41, 5.74) is 7.76. The maximum absolute atomic E-state index is 13.9. The molecule has 0 aliphatic heterocycles. The van der Waals surface area contributed by atoms with Crippen LogP contribution in [0, 0.1) is 30.6 Å². The molecular formula is C41H71N7O7. The first-order valence-corrected chi connectivity index (χ1v) is 19.8. The van der Waals surface area contributed by atoms with Gasteiger partial charge >= 0.3 is 0 Å². The van der Waals surface area contributed by atoms with Crippen molar-refractivity contribution in [1.82, 2.24) is 30.3 Å². The van der Waals surface area contributed by atoms with Crippen LogP contribution < -0.4 is 16.4 Å². The second-order valence-electron chi connectivity index (χ2n) is 16.4. The summed E-state index contributed by atoms with van der Waals surface area (Å²) in [7, 11) is 4.47. The highest BCUT2D eigenvalue weighted by molar-refractivity contribution is 5.96. The Balaban J connectivity index is 3.00. The van der Waals surface area contributed by atoms with E-state index in [2.05, 4.69) is 15.6 Å². The number of nitrogens with one attached hydrogen (secondary N) is 2. The van der Waals surface area contributed by atoms with E-state index in [0.29, 0.717) is 6.42 Å². The number of aliphatic hydroxyl groups excluding tert-OH is 1. The summed E-state index contributed by atoms with van der Waals surface area (Å²) in [6, 6.07) is -0.733. The van der Waals surface area contributed by atoms with Crippen molar-refractivity contribution < 1.29 is 33.9 Å². The average molecular weight is 774 g/mol. The molecule has 0 saturated heterocycles. The first kappa shape index (κ1) is 48.9. The second kappa shape index (κ2) is 23.1. The number of primary amides is 1. The molecule has 7 atom stereocenters. The van der Waals surface area contributed by atoms with E-state index >= 15 is 0 Å². The van der Waals surface area contributed by atoms with E-state index in [0.717, 1.165) is 25.0 Å². The predicted octanol–water partition coefficient (Wildman–Crippen LogP) is 3.21. The van der Waals surface area contributed by atoms with Gasteiger partial charge in [-0.05, 0) is 93.7 Å². The Bertz CT molecular complexity index is 1440. The van der Waals surface area contributed by atoms with Gasteiger partial charge in [0.15, 0.2) is 0 Å². The molecule has 0 unspecified atom stereocenters. The summed E-state index contributed by atoms with van der Waals surface area (Å²) >= 11 is 0. The molecule has 0 saturated carbocycles. The molecule has 55 heavy (non-hydrogen) atoms. The molecule has 14 heteroatoms.